The first-order valence-corrected chi connectivity index (χ1v) is 10.6. The molecule has 1 rings (SSSR count). The molecule has 1 heterocycles. The maximum absolute atomic E-state index is 12.7. The molecule has 8 N–H and O–H groups in total. The number of H-pyrrole nitrogens is 1. The Kier molecular flexibility index (Phi) is 10.9. The van der Waals surface area contributed by atoms with Crippen LogP contribution in [-0.2, 0) is 25.6 Å². The zero-order valence-corrected chi connectivity index (χ0v) is 17.6. The van der Waals surface area contributed by atoms with Crippen molar-refractivity contribution in [1.29, 1.82) is 0 Å². The maximum Gasteiger partial charge on any atom is 0.326 e. The van der Waals surface area contributed by atoms with Crippen LogP contribution >= 0.6 is 11.8 Å². The number of aromatic amines is 1. The first kappa shape index (κ1) is 25.4. The van der Waals surface area contributed by atoms with Gasteiger partial charge >= 0.3 is 5.97 Å². The average Bonchev–Trinajstić information content (AvgIpc) is 3.20. The lowest BCUT2D eigenvalue weighted by Gasteiger charge is -2.24. The van der Waals surface area contributed by atoms with E-state index in [0.29, 0.717) is 11.4 Å². The molecule has 0 fully saturated rings. The molecule has 30 heavy (non-hydrogen) atoms. The molecule has 1 aromatic heterocycles. The Morgan fingerprint density at radius 1 is 1.13 bits per heavy atom. The van der Waals surface area contributed by atoms with Gasteiger partial charge in [0.05, 0.1) is 19.0 Å². The van der Waals surface area contributed by atoms with Gasteiger partial charge in [0, 0.05) is 18.3 Å². The van der Waals surface area contributed by atoms with E-state index in [-0.39, 0.29) is 12.8 Å². The molecule has 0 aliphatic rings. The minimum atomic E-state index is -1.33. The summed E-state index contributed by atoms with van der Waals surface area (Å²) in [7, 11) is 0. The Morgan fingerprint density at radius 2 is 1.73 bits per heavy atom. The fraction of sp³-hybridized carbons (Fsp3) is 0.588. The van der Waals surface area contributed by atoms with Crippen molar-refractivity contribution in [3.05, 3.63) is 18.2 Å². The third-order valence-corrected chi connectivity index (χ3v) is 4.71. The first-order valence-electron chi connectivity index (χ1n) is 9.16. The zero-order valence-electron chi connectivity index (χ0n) is 16.8. The van der Waals surface area contributed by atoms with Crippen LogP contribution in [0.3, 0.4) is 0 Å². The highest BCUT2D eigenvalue weighted by Gasteiger charge is 2.30. The number of aliphatic hydroxyl groups excluding tert-OH is 1. The van der Waals surface area contributed by atoms with E-state index in [1.807, 2.05) is 6.26 Å². The Morgan fingerprint density at radius 3 is 2.23 bits per heavy atom. The second-order valence-corrected chi connectivity index (χ2v) is 7.54. The number of carboxylic acids is 1. The summed E-state index contributed by atoms with van der Waals surface area (Å²) < 4.78 is 0. The number of amides is 3. The van der Waals surface area contributed by atoms with Gasteiger partial charge in [-0.05, 0) is 25.4 Å². The van der Waals surface area contributed by atoms with Crippen LogP contribution in [0, 0.1) is 0 Å². The van der Waals surface area contributed by atoms with Crippen molar-refractivity contribution in [2.45, 2.75) is 43.9 Å². The topological polar surface area (TPSA) is 200 Å². The van der Waals surface area contributed by atoms with Gasteiger partial charge in [0.25, 0.3) is 0 Å². The molecule has 0 saturated carbocycles. The normalized spacial score (nSPS) is 14.8. The van der Waals surface area contributed by atoms with E-state index in [1.54, 1.807) is 0 Å². The standard InChI is InChI=1S/C17H28N6O6S/c1-9(18)14(25)23-13(7-24)16(27)22-12(5-10-6-19-8-20-10)15(26)21-11(17(28)29)3-4-30-2/h6,8-9,11-13,24H,3-5,7,18H2,1-2H3,(H,19,20)(H,21,26)(H,22,27)(H,23,25)(H,28,29). The van der Waals surface area contributed by atoms with Gasteiger partial charge < -0.3 is 36.9 Å². The maximum atomic E-state index is 12.7. The van der Waals surface area contributed by atoms with Gasteiger partial charge in [-0.1, -0.05) is 0 Å². The van der Waals surface area contributed by atoms with Gasteiger partial charge in [0.15, 0.2) is 0 Å². The van der Waals surface area contributed by atoms with Crippen molar-refractivity contribution < 1.29 is 29.4 Å². The number of carbonyl (C=O) groups is 4. The minimum absolute atomic E-state index is 0.00811. The summed E-state index contributed by atoms with van der Waals surface area (Å²) in [5, 5.41) is 25.9. The second kappa shape index (κ2) is 12.8. The molecular weight excluding hydrogens is 416 g/mol. The summed E-state index contributed by atoms with van der Waals surface area (Å²) in [6.07, 6.45) is 4.86. The number of nitrogens with zero attached hydrogens (tertiary/aromatic N) is 1. The number of carboxylic acid groups (broad SMARTS) is 1. The van der Waals surface area contributed by atoms with Crippen LogP contribution in [0.15, 0.2) is 12.5 Å². The highest BCUT2D eigenvalue weighted by atomic mass is 32.2. The molecule has 0 saturated heterocycles. The first-order chi connectivity index (χ1) is 14.2. The Bertz CT molecular complexity index is 714. The predicted molar refractivity (Wildman–Crippen MR) is 109 cm³/mol. The molecule has 0 aliphatic heterocycles. The number of thioether (sulfide) groups is 1. The lowest BCUT2D eigenvalue weighted by Crippen LogP contribution is -2.58. The summed E-state index contributed by atoms with van der Waals surface area (Å²) in [6, 6.07) is -4.52. The highest BCUT2D eigenvalue weighted by Crippen LogP contribution is 2.04. The lowest BCUT2D eigenvalue weighted by atomic mass is 10.1. The van der Waals surface area contributed by atoms with E-state index >= 15 is 0 Å². The van der Waals surface area contributed by atoms with Gasteiger partial charge in [-0.25, -0.2) is 9.78 Å². The van der Waals surface area contributed by atoms with Crippen molar-refractivity contribution in [2.75, 3.05) is 18.6 Å². The van der Waals surface area contributed by atoms with Gasteiger partial charge in [-0.2, -0.15) is 11.8 Å². The lowest BCUT2D eigenvalue weighted by molar-refractivity contribution is -0.142. The van der Waals surface area contributed by atoms with Crippen LogP contribution in [0.1, 0.15) is 19.0 Å². The number of aromatic nitrogens is 2. The van der Waals surface area contributed by atoms with E-state index in [1.165, 1.54) is 31.2 Å². The van der Waals surface area contributed by atoms with Crippen molar-refractivity contribution >= 4 is 35.5 Å². The molecular formula is C17H28N6O6S. The summed E-state index contributed by atoms with van der Waals surface area (Å²) in [5.41, 5.74) is 5.96. The van der Waals surface area contributed by atoms with E-state index in [2.05, 4.69) is 25.9 Å². The molecule has 0 spiro atoms. The smallest absolute Gasteiger partial charge is 0.326 e. The Labute approximate surface area is 177 Å². The van der Waals surface area contributed by atoms with Crippen LogP contribution in [0.25, 0.3) is 0 Å². The van der Waals surface area contributed by atoms with Gasteiger partial charge in [-0.3, -0.25) is 14.4 Å². The number of carbonyl (C=O) groups excluding carboxylic acids is 3. The number of aliphatic carboxylic acids is 1. The van der Waals surface area contributed by atoms with Gasteiger partial charge in [0.2, 0.25) is 17.7 Å². The van der Waals surface area contributed by atoms with Crippen molar-refractivity contribution in [3.8, 4) is 0 Å². The Hall–Kier alpha value is -2.64. The zero-order chi connectivity index (χ0) is 22.7. The number of rotatable bonds is 13. The number of nitrogens with one attached hydrogen (secondary N) is 4. The Balaban J connectivity index is 2.93. The number of aliphatic hydroxyl groups is 1. The van der Waals surface area contributed by atoms with Crippen molar-refractivity contribution in [2.24, 2.45) is 5.73 Å². The summed E-state index contributed by atoms with van der Waals surface area (Å²) in [6.45, 7) is 0.699. The molecule has 12 nitrogen and oxygen atoms in total. The molecule has 1 aromatic rings. The van der Waals surface area contributed by atoms with Crippen LogP contribution in [0.2, 0.25) is 0 Å². The summed E-state index contributed by atoms with van der Waals surface area (Å²) in [4.78, 5) is 55.0. The predicted octanol–water partition coefficient (Wildman–Crippen LogP) is -2.42. The number of hydrogen-bond acceptors (Lipinski definition) is 8. The van der Waals surface area contributed by atoms with Gasteiger partial charge in [0.1, 0.15) is 18.1 Å². The molecule has 13 heteroatoms. The van der Waals surface area contributed by atoms with Crippen LogP contribution in [0.5, 0.6) is 0 Å². The minimum Gasteiger partial charge on any atom is -0.480 e. The molecule has 3 amide bonds. The van der Waals surface area contributed by atoms with Crippen molar-refractivity contribution in [1.82, 2.24) is 25.9 Å². The molecule has 0 aliphatic carbocycles. The van der Waals surface area contributed by atoms with Crippen molar-refractivity contribution in [3.63, 3.8) is 0 Å². The number of imidazole rings is 1. The van der Waals surface area contributed by atoms with E-state index in [4.69, 9.17) is 5.73 Å². The third kappa shape index (κ3) is 8.39. The SMILES string of the molecule is CSCCC(NC(=O)C(Cc1cnc[nH]1)NC(=O)C(CO)NC(=O)C(C)N)C(=O)O. The fourth-order valence-corrected chi connectivity index (χ4v) is 2.83. The summed E-state index contributed by atoms with van der Waals surface area (Å²) in [5.74, 6) is -2.86. The third-order valence-electron chi connectivity index (χ3n) is 4.07. The molecule has 168 valence electrons. The van der Waals surface area contributed by atoms with Crippen LogP contribution in [0.4, 0.5) is 0 Å². The van der Waals surface area contributed by atoms with Crippen LogP contribution < -0.4 is 21.7 Å². The monoisotopic (exact) mass is 444 g/mol. The average molecular weight is 445 g/mol. The van der Waals surface area contributed by atoms with Gasteiger partial charge in [-0.15, -0.1) is 0 Å². The molecule has 0 aromatic carbocycles. The van der Waals surface area contributed by atoms with E-state index in [0.717, 1.165) is 0 Å². The van der Waals surface area contributed by atoms with E-state index in [9.17, 15) is 29.4 Å². The van der Waals surface area contributed by atoms with Crippen LogP contribution in [-0.4, -0.2) is 86.7 Å². The quantitative estimate of drug-likeness (QED) is 0.173. The van der Waals surface area contributed by atoms with E-state index < -0.39 is 54.5 Å². The number of nitrogens with two attached hydrogens (primary N) is 1. The molecule has 4 unspecified atom stereocenters. The highest BCUT2D eigenvalue weighted by molar-refractivity contribution is 7.98. The molecule has 4 atom stereocenters. The second-order valence-electron chi connectivity index (χ2n) is 6.56. The molecule has 0 bridgehead atoms. The molecule has 0 radical (unpaired) electrons. The number of hydrogen-bond donors (Lipinski definition) is 7. The largest absolute Gasteiger partial charge is 0.480 e. The summed E-state index contributed by atoms with van der Waals surface area (Å²) >= 11 is 1.44. The fourth-order valence-electron chi connectivity index (χ4n) is 2.36.